The predicted molar refractivity (Wildman–Crippen MR) is 81.6 cm³/mol. The van der Waals surface area contributed by atoms with E-state index < -0.39 is 10.7 Å². The Morgan fingerprint density at radius 1 is 1.04 bits per heavy atom. The fourth-order valence-corrected chi connectivity index (χ4v) is 2.34. The maximum Gasteiger partial charge on any atom is 0.276 e. The van der Waals surface area contributed by atoms with Crippen molar-refractivity contribution in [3.05, 3.63) is 81.1 Å². The van der Waals surface area contributed by atoms with Gasteiger partial charge in [-0.15, -0.1) is 0 Å². The van der Waals surface area contributed by atoms with Crippen LogP contribution in [-0.2, 0) is 0 Å². The third-order valence-electron chi connectivity index (χ3n) is 3.53. The minimum atomic E-state index is -0.528. The predicted octanol–water partition coefficient (Wildman–Crippen LogP) is 3.25. The SMILES string of the molecule is Cc1ccc(OC2=CC(=O)c3ccccc3C2=O)cc1[N+](=O)[O-]. The summed E-state index contributed by atoms with van der Waals surface area (Å²) in [4.78, 5) is 34.8. The van der Waals surface area contributed by atoms with Crippen LogP contribution >= 0.6 is 0 Å². The number of hydrogen-bond acceptors (Lipinski definition) is 5. The maximum absolute atomic E-state index is 12.4. The molecule has 0 atom stereocenters. The highest BCUT2D eigenvalue weighted by Crippen LogP contribution is 2.28. The van der Waals surface area contributed by atoms with E-state index in [1.54, 1.807) is 31.2 Å². The first-order chi connectivity index (χ1) is 11.0. The van der Waals surface area contributed by atoms with Crippen molar-refractivity contribution in [2.45, 2.75) is 6.92 Å². The number of ketones is 2. The monoisotopic (exact) mass is 309 g/mol. The van der Waals surface area contributed by atoms with Gasteiger partial charge in [-0.05, 0) is 19.1 Å². The number of rotatable bonds is 3. The van der Waals surface area contributed by atoms with Crippen LogP contribution in [0.3, 0.4) is 0 Å². The van der Waals surface area contributed by atoms with Crippen LogP contribution in [0.15, 0.2) is 54.3 Å². The number of carbonyl (C=O) groups is 2. The van der Waals surface area contributed by atoms with Crippen molar-refractivity contribution in [1.29, 1.82) is 0 Å². The molecule has 0 heterocycles. The van der Waals surface area contributed by atoms with E-state index in [0.29, 0.717) is 11.1 Å². The molecule has 0 saturated carbocycles. The highest BCUT2D eigenvalue weighted by Gasteiger charge is 2.27. The molecule has 0 saturated heterocycles. The van der Waals surface area contributed by atoms with Gasteiger partial charge in [0.1, 0.15) is 5.75 Å². The lowest BCUT2D eigenvalue weighted by Crippen LogP contribution is -2.20. The second-order valence-corrected chi connectivity index (χ2v) is 5.06. The summed E-state index contributed by atoms with van der Waals surface area (Å²) < 4.78 is 5.43. The number of aryl methyl sites for hydroxylation is 1. The molecule has 114 valence electrons. The molecule has 0 N–H and O–H groups in total. The summed E-state index contributed by atoms with van der Waals surface area (Å²) in [6.07, 6.45) is 1.11. The number of nitro groups is 1. The number of fused-ring (bicyclic) bond motifs is 1. The molecule has 3 rings (SSSR count). The van der Waals surface area contributed by atoms with Gasteiger partial charge in [0, 0.05) is 22.8 Å². The Kier molecular flexibility index (Phi) is 3.50. The van der Waals surface area contributed by atoms with Gasteiger partial charge in [0.15, 0.2) is 11.5 Å². The van der Waals surface area contributed by atoms with Crippen LogP contribution < -0.4 is 4.74 Å². The molecule has 0 unspecified atom stereocenters. The molecule has 0 aromatic heterocycles. The fourth-order valence-electron chi connectivity index (χ4n) is 2.34. The van der Waals surface area contributed by atoms with Crippen LogP contribution in [0.1, 0.15) is 26.3 Å². The molecule has 1 aliphatic carbocycles. The number of ether oxygens (including phenoxy) is 1. The van der Waals surface area contributed by atoms with Gasteiger partial charge in [-0.25, -0.2) is 0 Å². The van der Waals surface area contributed by atoms with E-state index in [1.165, 1.54) is 18.2 Å². The van der Waals surface area contributed by atoms with Crippen LogP contribution in [0, 0.1) is 17.0 Å². The summed E-state index contributed by atoms with van der Waals surface area (Å²) in [5.41, 5.74) is 0.946. The standard InChI is InChI=1S/C17H11NO5/c1-10-6-7-11(8-14(10)18(21)22)23-16-9-15(19)12-4-2-3-5-13(12)17(16)20/h2-9H,1H3. The molecule has 0 spiro atoms. The average Bonchev–Trinajstić information content (AvgIpc) is 2.54. The molecule has 0 fully saturated rings. The number of hydrogen-bond donors (Lipinski definition) is 0. The zero-order chi connectivity index (χ0) is 16.6. The van der Waals surface area contributed by atoms with Gasteiger partial charge >= 0.3 is 0 Å². The van der Waals surface area contributed by atoms with Gasteiger partial charge in [-0.1, -0.05) is 24.3 Å². The van der Waals surface area contributed by atoms with E-state index >= 15 is 0 Å². The third kappa shape index (κ3) is 2.62. The summed E-state index contributed by atoms with van der Waals surface area (Å²) >= 11 is 0. The molecule has 0 aliphatic heterocycles. The molecular formula is C17H11NO5. The van der Waals surface area contributed by atoms with Gasteiger partial charge in [-0.2, -0.15) is 0 Å². The summed E-state index contributed by atoms with van der Waals surface area (Å²) in [6, 6.07) is 10.7. The molecular weight excluding hydrogens is 298 g/mol. The van der Waals surface area contributed by atoms with E-state index in [0.717, 1.165) is 6.08 Å². The fraction of sp³-hybridized carbons (Fsp3) is 0.0588. The maximum atomic E-state index is 12.4. The Morgan fingerprint density at radius 3 is 2.43 bits per heavy atom. The van der Waals surface area contributed by atoms with Crippen molar-refractivity contribution >= 4 is 17.3 Å². The van der Waals surface area contributed by atoms with Crippen molar-refractivity contribution < 1.29 is 19.2 Å². The van der Waals surface area contributed by atoms with Crippen molar-refractivity contribution in [3.63, 3.8) is 0 Å². The second-order valence-electron chi connectivity index (χ2n) is 5.06. The van der Waals surface area contributed by atoms with Crippen LogP contribution in [0.5, 0.6) is 5.75 Å². The summed E-state index contributed by atoms with van der Waals surface area (Å²) in [5, 5.41) is 11.0. The minimum Gasteiger partial charge on any atom is -0.453 e. The van der Waals surface area contributed by atoms with Gasteiger partial charge < -0.3 is 4.74 Å². The highest BCUT2D eigenvalue weighted by molar-refractivity contribution is 6.23. The van der Waals surface area contributed by atoms with E-state index in [1.807, 2.05) is 0 Å². The minimum absolute atomic E-state index is 0.113. The van der Waals surface area contributed by atoms with Crippen molar-refractivity contribution in [2.24, 2.45) is 0 Å². The zero-order valence-corrected chi connectivity index (χ0v) is 12.1. The molecule has 0 bridgehead atoms. The van der Waals surface area contributed by atoms with Gasteiger partial charge in [0.2, 0.25) is 5.78 Å². The number of nitro benzene ring substituents is 1. The number of Topliss-reactive ketones (excluding diaryl/α,β-unsaturated/α-hetero) is 1. The summed E-state index contributed by atoms with van der Waals surface area (Å²) in [7, 11) is 0. The van der Waals surface area contributed by atoms with Crippen molar-refractivity contribution in [1.82, 2.24) is 0 Å². The third-order valence-corrected chi connectivity index (χ3v) is 3.53. The molecule has 6 heteroatoms. The molecule has 0 radical (unpaired) electrons. The lowest BCUT2D eigenvalue weighted by atomic mass is 9.94. The second kappa shape index (κ2) is 5.49. The molecule has 23 heavy (non-hydrogen) atoms. The number of nitrogens with zero attached hydrogens (tertiary/aromatic N) is 1. The number of carbonyl (C=O) groups excluding carboxylic acids is 2. The quantitative estimate of drug-likeness (QED) is 0.641. The first-order valence-electron chi connectivity index (χ1n) is 6.80. The van der Waals surface area contributed by atoms with E-state index in [2.05, 4.69) is 0 Å². The smallest absolute Gasteiger partial charge is 0.276 e. The summed E-state index contributed by atoms with van der Waals surface area (Å²) in [5.74, 6) is -0.777. The van der Waals surface area contributed by atoms with Crippen molar-refractivity contribution in [2.75, 3.05) is 0 Å². The molecule has 2 aromatic carbocycles. The largest absolute Gasteiger partial charge is 0.453 e. The number of benzene rings is 2. The number of allylic oxidation sites excluding steroid dienone is 2. The van der Waals surface area contributed by atoms with E-state index in [-0.39, 0.29) is 28.5 Å². The highest BCUT2D eigenvalue weighted by atomic mass is 16.6. The van der Waals surface area contributed by atoms with Gasteiger partial charge in [0.25, 0.3) is 5.69 Å². The zero-order valence-electron chi connectivity index (χ0n) is 12.1. The van der Waals surface area contributed by atoms with E-state index in [4.69, 9.17) is 4.74 Å². The molecule has 6 nitrogen and oxygen atoms in total. The average molecular weight is 309 g/mol. The topological polar surface area (TPSA) is 86.5 Å². The Morgan fingerprint density at radius 2 is 1.74 bits per heavy atom. The lowest BCUT2D eigenvalue weighted by molar-refractivity contribution is -0.385. The molecule has 0 amide bonds. The summed E-state index contributed by atoms with van der Waals surface area (Å²) in [6.45, 7) is 1.60. The first-order valence-corrected chi connectivity index (χ1v) is 6.80. The van der Waals surface area contributed by atoms with E-state index in [9.17, 15) is 19.7 Å². The van der Waals surface area contributed by atoms with Crippen LogP contribution in [-0.4, -0.2) is 16.5 Å². The normalized spacial score (nSPS) is 13.3. The van der Waals surface area contributed by atoms with Crippen LogP contribution in [0.25, 0.3) is 0 Å². The Hall–Kier alpha value is -3.28. The van der Waals surface area contributed by atoms with Gasteiger partial charge in [0.05, 0.1) is 11.0 Å². The molecule has 2 aromatic rings. The first kappa shape index (κ1) is 14.6. The Bertz CT molecular complexity index is 882. The Balaban J connectivity index is 1.96. The van der Waals surface area contributed by atoms with Crippen molar-refractivity contribution in [3.8, 4) is 5.75 Å². The Labute approximate surface area is 131 Å². The van der Waals surface area contributed by atoms with Crippen LogP contribution in [0.4, 0.5) is 5.69 Å². The lowest BCUT2D eigenvalue weighted by Gasteiger charge is -2.15. The molecule has 1 aliphatic rings. The van der Waals surface area contributed by atoms with Crippen LogP contribution in [0.2, 0.25) is 0 Å². The van der Waals surface area contributed by atoms with Gasteiger partial charge in [-0.3, -0.25) is 19.7 Å².